The second-order valence-corrected chi connectivity index (χ2v) is 2.93. The van der Waals surface area contributed by atoms with Gasteiger partial charge in [-0.1, -0.05) is 0 Å². The number of aliphatic hydroxyl groups excluding tert-OH is 1. The van der Waals surface area contributed by atoms with E-state index in [-0.39, 0.29) is 12.8 Å². The zero-order valence-corrected chi connectivity index (χ0v) is 6.03. The Morgan fingerprint density at radius 3 is 2.55 bits per heavy atom. The normalized spacial score (nSPS) is 38.5. The quantitative estimate of drug-likeness (QED) is 0.592. The first kappa shape index (κ1) is 8.46. The van der Waals surface area contributed by atoms with E-state index in [9.17, 15) is 9.18 Å². The van der Waals surface area contributed by atoms with Crippen LogP contribution < -0.4 is 0 Å². The molecule has 3 unspecified atom stereocenters. The molecule has 0 aliphatic heterocycles. The Labute approximate surface area is 63.8 Å². The molecule has 0 amide bonds. The molecule has 0 aromatic rings. The number of aliphatic hydroxyl groups is 1. The van der Waals surface area contributed by atoms with Crippen molar-refractivity contribution >= 4 is 5.97 Å². The maximum absolute atomic E-state index is 12.7. The Balaban J connectivity index is 2.46. The van der Waals surface area contributed by atoms with Crippen molar-refractivity contribution in [3.63, 3.8) is 0 Å². The lowest BCUT2D eigenvalue weighted by molar-refractivity contribution is -0.144. The Morgan fingerprint density at radius 2 is 2.09 bits per heavy atom. The number of hydrogen-bond donors (Lipinski definition) is 2. The molecule has 0 heterocycles. The van der Waals surface area contributed by atoms with E-state index in [4.69, 9.17) is 10.2 Å². The summed E-state index contributed by atoms with van der Waals surface area (Å²) in [6.07, 6.45) is -1.71. The maximum Gasteiger partial charge on any atom is 0.306 e. The number of rotatable bonds is 1. The van der Waals surface area contributed by atoms with Gasteiger partial charge in [0.05, 0.1) is 12.0 Å². The zero-order valence-electron chi connectivity index (χ0n) is 6.03. The van der Waals surface area contributed by atoms with Gasteiger partial charge in [-0.25, -0.2) is 4.39 Å². The molecule has 0 aromatic heterocycles. The van der Waals surface area contributed by atoms with Gasteiger partial charge >= 0.3 is 5.97 Å². The summed E-state index contributed by atoms with van der Waals surface area (Å²) < 4.78 is 12.7. The third-order valence-corrected chi connectivity index (χ3v) is 2.09. The molecule has 1 saturated carbocycles. The number of carbonyl (C=O) groups is 1. The Hall–Kier alpha value is -0.640. The van der Waals surface area contributed by atoms with Crippen LogP contribution in [-0.2, 0) is 4.79 Å². The van der Waals surface area contributed by atoms with Crippen molar-refractivity contribution in [2.75, 3.05) is 0 Å². The van der Waals surface area contributed by atoms with Gasteiger partial charge in [-0.15, -0.1) is 0 Å². The van der Waals surface area contributed by atoms with Gasteiger partial charge in [-0.2, -0.15) is 0 Å². The van der Waals surface area contributed by atoms with Crippen LogP contribution in [-0.4, -0.2) is 28.5 Å². The Bertz CT molecular complexity index is 160. The smallest absolute Gasteiger partial charge is 0.306 e. The highest BCUT2D eigenvalue weighted by Gasteiger charge is 2.32. The van der Waals surface area contributed by atoms with Crippen LogP contribution in [0.2, 0.25) is 0 Å². The van der Waals surface area contributed by atoms with Crippen molar-refractivity contribution in [3.8, 4) is 0 Å². The molecule has 3 atom stereocenters. The predicted octanol–water partition coefficient (Wildman–Crippen LogP) is 0.570. The molecule has 0 saturated heterocycles. The Kier molecular flexibility index (Phi) is 2.44. The van der Waals surface area contributed by atoms with Gasteiger partial charge in [0.1, 0.15) is 6.17 Å². The lowest BCUT2D eigenvalue weighted by Gasteiger charge is -2.25. The van der Waals surface area contributed by atoms with Crippen LogP contribution in [0.3, 0.4) is 0 Å². The summed E-state index contributed by atoms with van der Waals surface area (Å²) in [5.41, 5.74) is 0. The first-order valence-electron chi connectivity index (χ1n) is 3.66. The van der Waals surface area contributed by atoms with Crippen LogP contribution in [0.15, 0.2) is 0 Å². The molecule has 1 aliphatic rings. The summed E-state index contributed by atoms with van der Waals surface area (Å²) in [6, 6.07) is 0. The summed E-state index contributed by atoms with van der Waals surface area (Å²) >= 11 is 0. The summed E-state index contributed by atoms with van der Waals surface area (Å²) in [4.78, 5) is 10.4. The molecule has 4 heteroatoms. The molecule has 3 nitrogen and oxygen atoms in total. The molecule has 64 valence electrons. The van der Waals surface area contributed by atoms with Crippen molar-refractivity contribution in [1.82, 2.24) is 0 Å². The molecule has 0 radical (unpaired) electrons. The third-order valence-electron chi connectivity index (χ3n) is 2.09. The second-order valence-electron chi connectivity index (χ2n) is 2.93. The van der Waals surface area contributed by atoms with Crippen LogP contribution in [0.1, 0.15) is 19.3 Å². The zero-order chi connectivity index (χ0) is 8.43. The fourth-order valence-corrected chi connectivity index (χ4v) is 1.32. The standard InChI is InChI=1S/C7H11FO3/c8-5-3-4(7(10)11)1-2-6(5)9/h4-6,9H,1-3H2,(H,10,11). The van der Waals surface area contributed by atoms with Crippen LogP contribution in [0.4, 0.5) is 4.39 Å². The summed E-state index contributed by atoms with van der Waals surface area (Å²) in [6.45, 7) is 0. The van der Waals surface area contributed by atoms with Crippen LogP contribution >= 0.6 is 0 Å². The number of carboxylic acid groups (broad SMARTS) is 1. The van der Waals surface area contributed by atoms with E-state index in [1.807, 2.05) is 0 Å². The van der Waals surface area contributed by atoms with E-state index in [0.29, 0.717) is 6.42 Å². The van der Waals surface area contributed by atoms with Gasteiger partial charge in [0, 0.05) is 0 Å². The minimum atomic E-state index is -1.36. The summed E-state index contributed by atoms with van der Waals surface area (Å²) in [5.74, 6) is -1.56. The highest BCUT2D eigenvalue weighted by molar-refractivity contribution is 5.70. The van der Waals surface area contributed by atoms with Crippen LogP contribution in [0, 0.1) is 5.92 Å². The number of aliphatic carboxylic acids is 1. The minimum absolute atomic E-state index is 0.0451. The van der Waals surface area contributed by atoms with Gasteiger partial charge in [0.15, 0.2) is 0 Å². The highest BCUT2D eigenvalue weighted by atomic mass is 19.1. The molecular formula is C7H11FO3. The van der Waals surface area contributed by atoms with Crippen LogP contribution in [0.25, 0.3) is 0 Å². The molecule has 0 bridgehead atoms. The van der Waals surface area contributed by atoms with E-state index in [0.717, 1.165) is 0 Å². The van der Waals surface area contributed by atoms with Gasteiger partial charge in [0.25, 0.3) is 0 Å². The number of hydrogen-bond acceptors (Lipinski definition) is 2. The lowest BCUT2D eigenvalue weighted by Crippen LogP contribution is -2.33. The average molecular weight is 162 g/mol. The average Bonchev–Trinajstić information content (AvgIpc) is 1.94. The topological polar surface area (TPSA) is 57.5 Å². The van der Waals surface area contributed by atoms with Crippen molar-refractivity contribution < 1.29 is 19.4 Å². The van der Waals surface area contributed by atoms with Crippen molar-refractivity contribution in [2.45, 2.75) is 31.5 Å². The first-order chi connectivity index (χ1) is 5.11. The molecular weight excluding hydrogens is 151 g/mol. The second kappa shape index (κ2) is 3.17. The van der Waals surface area contributed by atoms with E-state index >= 15 is 0 Å². The summed E-state index contributed by atoms with van der Waals surface area (Å²) in [5, 5.41) is 17.4. The van der Waals surface area contributed by atoms with E-state index in [1.54, 1.807) is 0 Å². The van der Waals surface area contributed by atoms with Crippen molar-refractivity contribution in [2.24, 2.45) is 5.92 Å². The van der Waals surface area contributed by atoms with E-state index < -0.39 is 24.2 Å². The largest absolute Gasteiger partial charge is 0.481 e. The molecule has 0 aromatic carbocycles. The molecule has 2 N–H and O–H groups in total. The molecule has 0 spiro atoms. The molecule has 11 heavy (non-hydrogen) atoms. The van der Waals surface area contributed by atoms with Crippen molar-refractivity contribution in [1.29, 1.82) is 0 Å². The van der Waals surface area contributed by atoms with E-state index in [2.05, 4.69) is 0 Å². The Morgan fingerprint density at radius 1 is 1.45 bits per heavy atom. The van der Waals surface area contributed by atoms with Gasteiger partial charge in [0.2, 0.25) is 0 Å². The van der Waals surface area contributed by atoms with Gasteiger partial charge in [-0.3, -0.25) is 4.79 Å². The minimum Gasteiger partial charge on any atom is -0.481 e. The fraction of sp³-hybridized carbons (Fsp3) is 0.857. The van der Waals surface area contributed by atoms with Crippen LogP contribution in [0.5, 0.6) is 0 Å². The van der Waals surface area contributed by atoms with Gasteiger partial charge < -0.3 is 10.2 Å². The highest BCUT2D eigenvalue weighted by Crippen LogP contribution is 2.26. The van der Waals surface area contributed by atoms with Crippen molar-refractivity contribution in [3.05, 3.63) is 0 Å². The molecule has 1 rings (SSSR count). The maximum atomic E-state index is 12.7. The number of alkyl halides is 1. The SMILES string of the molecule is O=C(O)C1CCC(O)C(F)C1. The summed E-state index contributed by atoms with van der Waals surface area (Å²) in [7, 11) is 0. The molecule has 1 fully saturated rings. The lowest BCUT2D eigenvalue weighted by atomic mass is 9.86. The van der Waals surface area contributed by atoms with Gasteiger partial charge in [-0.05, 0) is 19.3 Å². The molecule has 1 aliphatic carbocycles. The third kappa shape index (κ3) is 1.89. The fourth-order valence-electron chi connectivity index (χ4n) is 1.32. The number of halogens is 1. The monoisotopic (exact) mass is 162 g/mol. The first-order valence-corrected chi connectivity index (χ1v) is 3.66. The number of carboxylic acids is 1. The predicted molar refractivity (Wildman–Crippen MR) is 35.9 cm³/mol. The van der Waals surface area contributed by atoms with E-state index in [1.165, 1.54) is 0 Å².